The molecule has 0 saturated heterocycles. The van der Waals surface area contributed by atoms with E-state index in [1.807, 2.05) is 24.3 Å². The van der Waals surface area contributed by atoms with E-state index in [4.69, 9.17) is 10.1 Å². The van der Waals surface area contributed by atoms with Gasteiger partial charge in [0.05, 0.1) is 17.0 Å². The van der Waals surface area contributed by atoms with Gasteiger partial charge in [0.1, 0.15) is 12.4 Å². The van der Waals surface area contributed by atoms with E-state index in [-0.39, 0.29) is 24.4 Å². The smallest absolute Gasteiger partial charge is 0.306 e. The molecule has 2 N–H and O–H groups in total. The fraction of sp³-hybridized carbons (Fsp3) is 0.591. The van der Waals surface area contributed by atoms with Crippen molar-refractivity contribution in [3.8, 4) is 0 Å². The summed E-state index contributed by atoms with van der Waals surface area (Å²) >= 11 is 0. The van der Waals surface area contributed by atoms with Crippen LogP contribution in [0.15, 0.2) is 24.3 Å². The first-order chi connectivity index (χ1) is 13.6. The fourth-order valence-corrected chi connectivity index (χ4v) is 4.83. The monoisotopic (exact) mass is 383 g/mol. The van der Waals surface area contributed by atoms with Gasteiger partial charge in [-0.2, -0.15) is 0 Å². The lowest BCUT2D eigenvalue weighted by Crippen LogP contribution is -2.40. The molecule has 0 aliphatic heterocycles. The van der Waals surface area contributed by atoms with Gasteiger partial charge in [0.25, 0.3) is 0 Å². The van der Waals surface area contributed by atoms with Crippen LogP contribution in [0.4, 0.5) is 0 Å². The maximum atomic E-state index is 12.8. The Morgan fingerprint density at radius 2 is 1.75 bits per heavy atom. The first kappa shape index (κ1) is 19.0. The predicted molar refractivity (Wildman–Crippen MR) is 107 cm³/mol. The number of carbonyl (C=O) groups excluding carboxylic acids is 1. The Morgan fingerprint density at radius 1 is 1.04 bits per heavy atom. The zero-order valence-electron chi connectivity index (χ0n) is 16.3. The predicted octanol–water partition coefficient (Wildman–Crippen LogP) is 3.84. The number of carbonyl (C=O) groups is 2. The van der Waals surface area contributed by atoms with E-state index in [9.17, 15) is 9.59 Å². The van der Waals surface area contributed by atoms with Gasteiger partial charge >= 0.3 is 5.97 Å². The minimum atomic E-state index is -0.716. The van der Waals surface area contributed by atoms with Gasteiger partial charge in [-0.1, -0.05) is 31.4 Å². The molecule has 1 heterocycles. The number of imidazole rings is 1. The summed E-state index contributed by atoms with van der Waals surface area (Å²) in [5.74, 6) is 0.500. The molecule has 1 aromatic carbocycles. The highest BCUT2D eigenvalue weighted by atomic mass is 16.4. The van der Waals surface area contributed by atoms with Crippen LogP contribution in [0.5, 0.6) is 0 Å². The molecule has 2 aliphatic rings. The quantitative estimate of drug-likeness (QED) is 0.821. The van der Waals surface area contributed by atoms with Crippen LogP contribution in [-0.2, 0) is 16.1 Å². The second kappa shape index (κ2) is 8.33. The standard InChI is InChI=1S/C22H29N3O3/c26-20(23-17-12-10-16(11-13-17)22(27)28)14-25-19-9-5-4-8-18(19)24-21(25)15-6-2-1-3-7-15/h4-5,8-9,15-17H,1-3,6-7,10-14H2,(H,23,26)(H,27,28). The molecule has 0 unspecified atom stereocenters. The Kier molecular flexibility index (Phi) is 5.64. The Balaban J connectivity index is 1.47. The lowest BCUT2D eigenvalue weighted by atomic mass is 9.86. The SMILES string of the molecule is O=C(Cn1c(C2CCCCC2)nc2ccccc21)NC1CCC(C(=O)O)CC1. The van der Waals surface area contributed by atoms with Crippen molar-refractivity contribution >= 4 is 22.9 Å². The van der Waals surface area contributed by atoms with Crippen LogP contribution in [0, 0.1) is 5.92 Å². The summed E-state index contributed by atoms with van der Waals surface area (Å²) < 4.78 is 2.10. The molecule has 1 aromatic heterocycles. The molecular weight excluding hydrogens is 354 g/mol. The minimum absolute atomic E-state index is 0.000937. The Hall–Kier alpha value is -2.37. The number of para-hydroxylation sites is 2. The van der Waals surface area contributed by atoms with Gasteiger partial charge in [-0.3, -0.25) is 9.59 Å². The number of nitrogens with one attached hydrogen (secondary N) is 1. The van der Waals surface area contributed by atoms with Crippen LogP contribution in [-0.4, -0.2) is 32.6 Å². The summed E-state index contributed by atoms with van der Waals surface area (Å²) in [6, 6.07) is 8.13. The molecule has 6 heteroatoms. The van der Waals surface area contributed by atoms with Gasteiger partial charge in [-0.05, 0) is 50.7 Å². The second-order valence-corrected chi connectivity index (χ2v) is 8.33. The zero-order valence-corrected chi connectivity index (χ0v) is 16.3. The number of nitrogens with zero attached hydrogens (tertiary/aromatic N) is 2. The van der Waals surface area contributed by atoms with E-state index < -0.39 is 5.97 Å². The van der Waals surface area contributed by atoms with Crippen LogP contribution in [0.1, 0.15) is 69.5 Å². The van der Waals surface area contributed by atoms with Crippen molar-refractivity contribution in [1.82, 2.24) is 14.9 Å². The summed E-state index contributed by atoms with van der Waals surface area (Å²) in [5.41, 5.74) is 1.98. The molecule has 6 nitrogen and oxygen atoms in total. The van der Waals surface area contributed by atoms with E-state index in [2.05, 4.69) is 9.88 Å². The van der Waals surface area contributed by atoms with Gasteiger partial charge < -0.3 is 15.0 Å². The van der Waals surface area contributed by atoms with Gasteiger partial charge in [0, 0.05) is 12.0 Å². The average molecular weight is 383 g/mol. The highest BCUT2D eigenvalue weighted by Crippen LogP contribution is 2.34. The second-order valence-electron chi connectivity index (χ2n) is 8.33. The Morgan fingerprint density at radius 3 is 2.46 bits per heavy atom. The molecule has 28 heavy (non-hydrogen) atoms. The molecule has 2 aromatic rings. The number of carboxylic acids is 1. The summed E-state index contributed by atoms with van der Waals surface area (Å²) in [7, 11) is 0. The van der Waals surface area contributed by atoms with Crippen molar-refractivity contribution in [2.75, 3.05) is 0 Å². The van der Waals surface area contributed by atoms with E-state index in [0.29, 0.717) is 18.8 Å². The summed E-state index contributed by atoms with van der Waals surface area (Å²) in [4.78, 5) is 28.8. The van der Waals surface area contributed by atoms with Gasteiger partial charge in [-0.15, -0.1) is 0 Å². The molecule has 2 fully saturated rings. The van der Waals surface area contributed by atoms with Crippen molar-refractivity contribution in [1.29, 1.82) is 0 Å². The molecule has 2 aliphatic carbocycles. The number of aromatic nitrogens is 2. The Bertz CT molecular complexity index is 846. The van der Waals surface area contributed by atoms with Crippen LogP contribution >= 0.6 is 0 Å². The number of fused-ring (bicyclic) bond motifs is 1. The van der Waals surface area contributed by atoms with Gasteiger partial charge in [0.15, 0.2) is 0 Å². The minimum Gasteiger partial charge on any atom is -0.481 e. The van der Waals surface area contributed by atoms with Crippen LogP contribution < -0.4 is 5.32 Å². The van der Waals surface area contributed by atoms with Crippen molar-refractivity contribution in [3.05, 3.63) is 30.1 Å². The molecule has 150 valence electrons. The van der Waals surface area contributed by atoms with E-state index in [0.717, 1.165) is 42.5 Å². The number of benzene rings is 1. The molecule has 2 saturated carbocycles. The van der Waals surface area contributed by atoms with E-state index >= 15 is 0 Å². The molecule has 0 radical (unpaired) electrons. The van der Waals surface area contributed by atoms with Crippen molar-refractivity contribution in [3.63, 3.8) is 0 Å². The maximum Gasteiger partial charge on any atom is 0.306 e. The average Bonchev–Trinajstić information content (AvgIpc) is 3.07. The zero-order chi connectivity index (χ0) is 19.5. The number of hydrogen-bond donors (Lipinski definition) is 2. The van der Waals surface area contributed by atoms with Crippen molar-refractivity contribution < 1.29 is 14.7 Å². The lowest BCUT2D eigenvalue weighted by Gasteiger charge is -2.27. The van der Waals surface area contributed by atoms with Crippen LogP contribution in [0.25, 0.3) is 11.0 Å². The first-order valence-corrected chi connectivity index (χ1v) is 10.6. The normalized spacial score (nSPS) is 23.6. The van der Waals surface area contributed by atoms with Crippen LogP contribution in [0.2, 0.25) is 0 Å². The van der Waals surface area contributed by atoms with Gasteiger partial charge in [-0.25, -0.2) is 4.98 Å². The maximum absolute atomic E-state index is 12.8. The van der Waals surface area contributed by atoms with E-state index in [1.54, 1.807) is 0 Å². The summed E-state index contributed by atoms with van der Waals surface area (Å²) in [5, 5.41) is 12.3. The molecule has 1 amide bonds. The number of carboxylic acid groups (broad SMARTS) is 1. The highest BCUT2D eigenvalue weighted by Gasteiger charge is 2.28. The summed E-state index contributed by atoms with van der Waals surface area (Å²) in [6.45, 7) is 0.283. The third-order valence-electron chi connectivity index (χ3n) is 6.40. The van der Waals surface area contributed by atoms with E-state index in [1.165, 1.54) is 19.3 Å². The fourth-order valence-electron chi connectivity index (χ4n) is 4.83. The largest absolute Gasteiger partial charge is 0.481 e. The molecule has 4 rings (SSSR count). The topological polar surface area (TPSA) is 84.2 Å². The lowest BCUT2D eigenvalue weighted by molar-refractivity contribution is -0.142. The number of aliphatic carboxylic acids is 1. The highest BCUT2D eigenvalue weighted by molar-refractivity contribution is 5.81. The molecule has 0 atom stereocenters. The third kappa shape index (κ3) is 4.05. The Labute approximate surface area is 165 Å². The van der Waals surface area contributed by atoms with Gasteiger partial charge in [0.2, 0.25) is 5.91 Å². The molecule has 0 bridgehead atoms. The van der Waals surface area contributed by atoms with Crippen molar-refractivity contribution in [2.45, 2.75) is 76.3 Å². The summed E-state index contributed by atoms with van der Waals surface area (Å²) in [6.07, 6.45) is 8.79. The molecular formula is C22H29N3O3. The van der Waals surface area contributed by atoms with Crippen LogP contribution in [0.3, 0.4) is 0 Å². The number of amides is 1. The third-order valence-corrected chi connectivity index (χ3v) is 6.40. The molecule has 0 spiro atoms. The number of hydrogen-bond acceptors (Lipinski definition) is 3. The first-order valence-electron chi connectivity index (χ1n) is 10.6. The number of rotatable bonds is 5. The van der Waals surface area contributed by atoms with Crippen molar-refractivity contribution in [2.24, 2.45) is 5.92 Å².